The maximum Gasteiger partial charge on any atom is 0.233 e. The van der Waals surface area contributed by atoms with Crippen molar-refractivity contribution >= 4 is 45.2 Å². The van der Waals surface area contributed by atoms with Crippen LogP contribution in [-0.2, 0) is 17.0 Å². The number of amides is 1. The van der Waals surface area contributed by atoms with Gasteiger partial charge in [-0.3, -0.25) is 14.7 Å². The summed E-state index contributed by atoms with van der Waals surface area (Å²) in [6.07, 6.45) is 0.387. The number of hydrogen-bond donors (Lipinski definition) is 0. The normalized spacial score (nSPS) is 13.8. The number of halogens is 1. The van der Waals surface area contributed by atoms with Gasteiger partial charge in [-0.15, -0.1) is 0 Å². The summed E-state index contributed by atoms with van der Waals surface area (Å²) in [4.78, 5) is 19.3. The average Bonchev–Trinajstić information content (AvgIpc) is 3.15. The van der Waals surface area contributed by atoms with E-state index in [0.29, 0.717) is 19.5 Å². The molecule has 0 saturated heterocycles. The summed E-state index contributed by atoms with van der Waals surface area (Å²) in [5.74, 6) is 0.846. The first-order valence-electron chi connectivity index (χ1n) is 8.89. The maximum absolute atomic E-state index is 12.9. The Morgan fingerprint density at radius 3 is 2.78 bits per heavy atom. The van der Waals surface area contributed by atoms with Crippen molar-refractivity contribution in [2.75, 3.05) is 13.1 Å². The summed E-state index contributed by atoms with van der Waals surface area (Å²) >= 11 is 7.65. The van der Waals surface area contributed by atoms with Crippen molar-refractivity contribution in [3.63, 3.8) is 0 Å². The topological polar surface area (TPSA) is 32.7 Å². The fourth-order valence-corrected chi connectivity index (χ4v) is 4.48. The highest BCUT2D eigenvalue weighted by Gasteiger charge is 2.24. The molecule has 3 nitrogen and oxygen atoms in total. The highest BCUT2D eigenvalue weighted by molar-refractivity contribution is 8.13. The van der Waals surface area contributed by atoms with Crippen molar-refractivity contribution in [2.24, 2.45) is 4.99 Å². The third kappa shape index (κ3) is 4.18. The molecular formula is C22H19ClN2OS. The molecule has 3 aromatic rings. The first kappa shape index (κ1) is 18.1. The van der Waals surface area contributed by atoms with E-state index in [1.54, 1.807) is 11.8 Å². The molecule has 1 heterocycles. The molecule has 0 atom stereocenters. The second kappa shape index (κ2) is 8.15. The van der Waals surface area contributed by atoms with Crippen LogP contribution in [-0.4, -0.2) is 29.1 Å². The molecule has 1 aliphatic heterocycles. The Morgan fingerprint density at radius 1 is 1.07 bits per heavy atom. The summed E-state index contributed by atoms with van der Waals surface area (Å²) in [7, 11) is 0. The minimum Gasteiger partial charge on any atom is -0.289 e. The van der Waals surface area contributed by atoms with Crippen LogP contribution in [0.25, 0.3) is 10.8 Å². The van der Waals surface area contributed by atoms with Crippen molar-refractivity contribution in [3.8, 4) is 0 Å². The molecule has 5 heteroatoms. The Morgan fingerprint density at radius 2 is 1.89 bits per heavy atom. The van der Waals surface area contributed by atoms with Crippen LogP contribution in [0.15, 0.2) is 71.7 Å². The van der Waals surface area contributed by atoms with Crippen LogP contribution < -0.4 is 0 Å². The van der Waals surface area contributed by atoms with Gasteiger partial charge in [0.05, 0.1) is 13.0 Å². The molecule has 0 bridgehead atoms. The fourth-order valence-electron chi connectivity index (χ4n) is 3.26. The van der Waals surface area contributed by atoms with E-state index in [1.807, 2.05) is 53.4 Å². The molecule has 1 amide bonds. The van der Waals surface area contributed by atoms with Crippen LogP contribution >= 0.6 is 23.4 Å². The summed E-state index contributed by atoms with van der Waals surface area (Å²) in [5, 5.41) is 3.83. The molecule has 1 aliphatic rings. The average molecular weight is 395 g/mol. The maximum atomic E-state index is 12.9. The van der Waals surface area contributed by atoms with Gasteiger partial charge in [0.15, 0.2) is 5.17 Å². The summed E-state index contributed by atoms with van der Waals surface area (Å²) < 4.78 is 0. The Hall–Kier alpha value is -2.30. The zero-order valence-electron chi connectivity index (χ0n) is 14.8. The van der Waals surface area contributed by atoms with E-state index in [-0.39, 0.29) is 5.91 Å². The van der Waals surface area contributed by atoms with Crippen LogP contribution in [0.2, 0.25) is 5.02 Å². The fraction of sp³-hybridized carbons (Fsp3) is 0.182. The van der Waals surface area contributed by atoms with Gasteiger partial charge in [-0.25, -0.2) is 0 Å². The Kier molecular flexibility index (Phi) is 5.46. The number of thioether (sulfide) groups is 1. The van der Waals surface area contributed by atoms with Crippen LogP contribution in [0.4, 0.5) is 0 Å². The van der Waals surface area contributed by atoms with Crippen molar-refractivity contribution < 1.29 is 4.79 Å². The summed E-state index contributed by atoms with van der Waals surface area (Å²) in [6, 6.07) is 22.1. The van der Waals surface area contributed by atoms with Gasteiger partial charge in [0.25, 0.3) is 0 Å². The van der Waals surface area contributed by atoms with Crippen molar-refractivity contribution in [1.82, 2.24) is 4.90 Å². The van der Waals surface area contributed by atoms with E-state index in [9.17, 15) is 4.79 Å². The molecule has 0 spiro atoms. The molecule has 0 saturated carbocycles. The van der Waals surface area contributed by atoms with Gasteiger partial charge < -0.3 is 0 Å². The highest BCUT2D eigenvalue weighted by atomic mass is 35.5. The molecule has 0 unspecified atom stereocenters. The van der Waals surface area contributed by atoms with Crippen LogP contribution in [0.3, 0.4) is 0 Å². The smallest absolute Gasteiger partial charge is 0.233 e. The molecule has 3 aromatic carbocycles. The molecule has 0 fully saturated rings. The molecule has 27 heavy (non-hydrogen) atoms. The van der Waals surface area contributed by atoms with E-state index in [0.717, 1.165) is 37.8 Å². The number of carbonyl (C=O) groups is 1. The van der Waals surface area contributed by atoms with E-state index in [4.69, 9.17) is 11.6 Å². The summed E-state index contributed by atoms with van der Waals surface area (Å²) in [5.41, 5.74) is 2.19. The number of amidine groups is 1. The first-order valence-corrected chi connectivity index (χ1v) is 10.3. The van der Waals surface area contributed by atoms with Crippen LogP contribution in [0.5, 0.6) is 0 Å². The van der Waals surface area contributed by atoms with Crippen LogP contribution in [0, 0.1) is 0 Å². The number of carbonyl (C=O) groups excluding carboxylic acids is 1. The van der Waals surface area contributed by atoms with Gasteiger partial charge in [0, 0.05) is 17.3 Å². The molecule has 0 N–H and O–H groups in total. The number of fused-ring (bicyclic) bond motifs is 1. The molecular weight excluding hydrogens is 376 g/mol. The van der Waals surface area contributed by atoms with Gasteiger partial charge in [-0.1, -0.05) is 78.0 Å². The predicted octanol–water partition coefficient (Wildman–Crippen LogP) is 5.17. The van der Waals surface area contributed by atoms with Crippen molar-refractivity contribution in [3.05, 3.63) is 82.9 Å². The molecule has 0 aromatic heterocycles. The van der Waals surface area contributed by atoms with Crippen LogP contribution in [0.1, 0.15) is 11.1 Å². The molecule has 4 rings (SSSR count). The van der Waals surface area contributed by atoms with Gasteiger partial charge >= 0.3 is 0 Å². The lowest BCUT2D eigenvalue weighted by Gasteiger charge is -2.18. The number of benzene rings is 3. The first-order chi connectivity index (χ1) is 13.2. The number of hydrogen-bond acceptors (Lipinski definition) is 3. The number of aliphatic imine (C=N–C) groups is 1. The Labute approximate surface area is 168 Å². The quantitative estimate of drug-likeness (QED) is 0.611. The van der Waals surface area contributed by atoms with Gasteiger partial charge in [-0.05, 0) is 34.0 Å². The van der Waals surface area contributed by atoms with Gasteiger partial charge in [0.1, 0.15) is 0 Å². The largest absolute Gasteiger partial charge is 0.289 e. The highest BCUT2D eigenvalue weighted by Crippen LogP contribution is 2.24. The molecule has 0 radical (unpaired) electrons. The summed E-state index contributed by atoms with van der Waals surface area (Å²) in [6.45, 7) is 1.32. The predicted molar refractivity (Wildman–Crippen MR) is 114 cm³/mol. The minimum absolute atomic E-state index is 0.0983. The second-order valence-electron chi connectivity index (χ2n) is 6.44. The third-order valence-electron chi connectivity index (χ3n) is 4.58. The number of rotatable bonds is 4. The third-order valence-corrected chi connectivity index (χ3v) is 5.90. The second-order valence-corrected chi connectivity index (χ2v) is 7.82. The lowest BCUT2D eigenvalue weighted by atomic mass is 10.0. The van der Waals surface area contributed by atoms with E-state index < -0.39 is 0 Å². The number of nitrogens with zero attached hydrogens (tertiary/aromatic N) is 2. The Bertz CT molecular complexity index is 1010. The minimum atomic E-state index is 0.0983. The van der Waals surface area contributed by atoms with Gasteiger partial charge in [0.2, 0.25) is 5.91 Å². The van der Waals surface area contributed by atoms with E-state index in [1.165, 1.54) is 0 Å². The lowest BCUT2D eigenvalue weighted by Crippen LogP contribution is -2.34. The monoisotopic (exact) mass is 394 g/mol. The SMILES string of the molecule is O=C(Cc1cccc2ccccc12)N1CCN=C1SCc1cccc(Cl)c1. The lowest BCUT2D eigenvalue weighted by molar-refractivity contribution is -0.126. The van der Waals surface area contributed by atoms with Gasteiger partial charge in [-0.2, -0.15) is 0 Å². The van der Waals surface area contributed by atoms with E-state index >= 15 is 0 Å². The Balaban J connectivity index is 1.45. The van der Waals surface area contributed by atoms with Crippen molar-refractivity contribution in [1.29, 1.82) is 0 Å². The van der Waals surface area contributed by atoms with E-state index in [2.05, 4.69) is 23.2 Å². The standard InChI is InChI=1S/C22H19ClN2OS/c23-19-9-3-5-16(13-19)15-27-22-24-11-12-25(22)21(26)14-18-8-4-7-17-6-1-2-10-20(17)18/h1-10,13H,11-12,14-15H2. The van der Waals surface area contributed by atoms with Crippen molar-refractivity contribution in [2.45, 2.75) is 12.2 Å². The zero-order chi connectivity index (χ0) is 18.6. The molecule has 136 valence electrons. The zero-order valence-corrected chi connectivity index (χ0v) is 16.3. The molecule has 0 aliphatic carbocycles.